The molecule has 2 heterocycles. The number of amides is 1. The van der Waals surface area contributed by atoms with Crippen LogP contribution in [0.5, 0.6) is 0 Å². The van der Waals surface area contributed by atoms with Crippen LogP contribution in [0, 0.1) is 0 Å². The molecule has 104 valence electrons. The highest BCUT2D eigenvalue weighted by atomic mass is 16.5. The zero-order valence-corrected chi connectivity index (χ0v) is 11.3. The fraction of sp³-hybridized carbons (Fsp3) is 0.923. The van der Waals surface area contributed by atoms with Crippen LogP contribution in [-0.2, 0) is 9.53 Å². The zero-order chi connectivity index (χ0) is 12.8. The van der Waals surface area contributed by atoms with Crippen molar-refractivity contribution in [3.05, 3.63) is 0 Å². The summed E-state index contributed by atoms with van der Waals surface area (Å²) in [6, 6.07) is -0.0378. The fourth-order valence-electron chi connectivity index (χ4n) is 2.73. The Morgan fingerprint density at radius 1 is 1.50 bits per heavy atom. The van der Waals surface area contributed by atoms with E-state index in [0.717, 1.165) is 39.2 Å². The van der Waals surface area contributed by atoms with Crippen LogP contribution in [0.2, 0.25) is 0 Å². The molecule has 5 nitrogen and oxygen atoms in total. The summed E-state index contributed by atoms with van der Waals surface area (Å²) in [5.74, 6) is 0.139. The number of carbonyl (C=O) groups excluding carboxylic acids is 1. The molecule has 0 saturated carbocycles. The second-order valence-electron chi connectivity index (χ2n) is 5.10. The van der Waals surface area contributed by atoms with Gasteiger partial charge in [0, 0.05) is 39.3 Å². The van der Waals surface area contributed by atoms with E-state index in [-0.39, 0.29) is 11.9 Å². The van der Waals surface area contributed by atoms with Crippen molar-refractivity contribution in [1.82, 2.24) is 15.5 Å². The molecule has 0 spiro atoms. The smallest absolute Gasteiger partial charge is 0.238 e. The number of carbonyl (C=O) groups is 1. The molecule has 2 saturated heterocycles. The van der Waals surface area contributed by atoms with Crippen molar-refractivity contribution in [3.8, 4) is 0 Å². The van der Waals surface area contributed by atoms with E-state index >= 15 is 0 Å². The molecular formula is C13H25N3O2. The van der Waals surface area contributed by atoms with Gasteiger partial charge in [-0.05, 0) is 26.2 Å². The van der Waals surface area contributed by atoms with E-state index in [4.69, 9.17) is 4.74 Å². The summed E-state index contributed by atoms with van der Waals surface area (Å²) in [6.45, 7) is 7.07. The van der Waals surface area contributed by atoms with Gasteiger partial charge in [-0.25, -0.2) is 0 Å². The van der Waals surface area contributed by atoms with Gasteiger partial charge in [0.25, 0.3) is 0 Å². The lowest BCUT2D eigenvalue weighted by Gasteiger charge is -2.38. The molecule has 0 bridgehead atoms. The second-order valence-corrected chi connectivity index (χ2v) is 5.10. The van der Waals surface area contributed by atoms with Crippen LogP contribution in [0.15, 0.2) is 0 Å². The van der Waals surface area contributed by atoms with E-state index in [1.54, 1.807) is 0 Å². The molecule has 2 aliphatic heterocycles. The first kappa shape index (κ1) is 13.8. The number of nitrogens with one attached hydrogen (secondary N) is 2. The van der Waals surface area contributed by atoms with Crippen LogP contribution in [0.1, 0.15) is 26.2 Å². The van der Waals surface area contributed by atoms with Gasteiger partial charge in [-0.2, -0.15) is 0 Å². The maximum atomic E-state index is 12.0. The van der Waals surface area contributed by atoms with Crippen LogP contribution in [0.4, 0.5) is 0 Å². The van der Waals surface area contributed by atoms with Crippen molar-refractivity contribution in [3.63, 3.8) is 0 Å². The fourth-order valence-corrected chi connectivity index (χ4v) is 2.73. The maximum Gasteiger partial charge on any atom is 0.238 e. The van der Waals surface area contributed by atoms with E-state index in [9.17, 15) is 4.79 Å². The van der Waals surface area contributed by atoms with E-state index in [0.29, 0.717) is 12.6 Å². The molecule has 0 aromatic carbocycles. The third-order valence-electron chi connectivity index (χ3n) is 3.72. The summed E-state index contributed by atoms with van der Waals surface area (Å²) in [5.41, 5.74) is 0. The van der Waals surface area contributed by atoms with Crippen molar-refractivity contribution in [2.75, 3.05) is 39.3 Å². The third-order valence-corrected chi connectivity index (χ3v) is 3.72. The molecule has 2 unspecified atom stereocenters. The molecule has 5 heteroatoms. The van der Waals surface area contributed by atoms with Crippen molar-refractivity contribution >= 4 is 5.91 Å². The van der Waals surface area contributed by atoms with Crippen LogP contribution in [0.25, 0.3) is 0 Å². The van der Waals surface area contributed by atoms with Gasteiger partial charge < -0.3 is 15.4 Å². The Bertz CT molecular complexity index is 267. The van der Waals surface area contributed by atoms with Gasteiger partial charge in [0.05, 0.1) is 6.10 Å². The number of ether oxygens (including phenoxy) is 1. The standard InChI is InChI=1S/C13H25N3O2/c1-2-15-13(17)12-9-14-6-7-16(12)10-11-5-3-4-8-18-11/h11-12,14H,2-10H2,1H3,(H,15,17). The number of piperazine rings is 1. The van der Waals surface area contributed by atoms with Crippen LogP contribution in [-0.4, -0.2) is 62.3 Å². The molecule has 18 heavy (non-hydrogen) atoms. The Balaban J connectivity index is 1.88. The largest absolute Gasteiger partial charge is 0.377 e. The number of rotatable bonds is 4. The van der Waals surface area contributed by atoms with Gasteiger partial charge in [-0.15, -0.1) is 0 Å². The Morgan fingerprint density at radius 3 is 3.11 bits per heavy atom. The predicted octanol–water partition coefficient (Wildman–Crippen LogP) is -0.0346. The highest BCUT2D eigenvalue weighted by Crippen LogP contribution is 2.15. The Kier molecular flexibility index (Phi) is 5.41. The van der Waals surface area contributed by atoms with Gasteiger partial charge in [-0.1, -0.05) is 0 Å². The zero-order valence-electron chi connectivity index (χ0n) is 11.3. The molecule has 2 aliphatic rings. The molecule has 1 amide bonds. The summed E-state index contributed by atoms with van der Waals surface area (Å²) < 4.78 is 5.77. The first-order valence-electron chi connectivity index (χ1n) is 7.15. The summed E-state index contributed by atoms with van der Waals surface area (Å²) >= 11 is 0. The number of nitrogens with zero attached hydrogens (tertiary/aromatic N) is 1. The number of hydrogen-bond acceptors (Lipinski definition) is 4. The normalized spacial score (nSPS) is 30.1. The minimum absolute atomic E-state index is 0.0378. The van der Waals surface area contributed by atoms with Crippen molar-refractivity contribution in [1.29, 1.82) is 0 Å². The summed E-state index contributed by atoms with van der Waals surface area (Å²) in [7, 11) is 0. The first-order chi connectivity index (χ1) is 8.81. The SMILES string of the molecule is CCNC(=O)C1CNCCN1CC1CCCCO1. The van der Waals surface area contributed by atoms with Gasteiger partial charge in [0.15, 0.2) is 0 Å². The van der Waals surface area contributed by atoms with Crippen LogP contribution >= 0.6 is 0 Å². The van der Waals surface area contributed by atoms with E-state index in [2.05, 4.69) is 15.5 Å². The Labute approximate surface area is 109 Å². The van der Waals surface area contributed by atoms with Gasteiger partial charge in [0.1, 0.15) is 6.04 Å². The minimum atomic E-state index is -0.0378. The van der Waals surface area contributed by atoms with E-state index in [1.807, 2.05) is 6.92 Å². The molecule has 0 radical (unpaired) electrons. The molecule has 0 aliphatic carbocycles. The molecular weight excluding hydrogens is 230 g/mol. The second kappa shape index (κ2) is 7.07. The number of likely N-dealkylation sites (N-methyl/N-ethyl adjacent to an activating group) is 1. The third kappa shape index (κ3) is 3.67. The summed E-state index contributed by atoms with van der Waals surface area (Å²) in [4.78, 5) is 14.3. The monoisotopic (exact) mass is 255 g/mol. The lowest BCUT2D eigenvalue weighted by molar-refractivity contribution is -0.128. The van der Waals surface area contributed by atoms with Crippen molar-refractivity contribution in [2.45, 2.75) is 38.3 Å². The molecule has 0 aromatic rings. The van der Waals surface area contributed by atoms with Gasteiger partial charge in [0.2, 0.25) is 5.91 Å². The molecule has 2 atom stereocenters. The van der Waals surface area contributed by atoms with E-state index in [1.165, 1.54) is 12.8 Å². The molecule has 0 aromatic heterocycles. The summed E-state index contributed by atoms with van der Waals surface area (Å²) in [6.07, 6.45) is 3.88. The lowest BCUT2D eigenvalue weighted by atomic mass is 10.1. The van der Waals surface area contributed by atoms with Crippen molar-refractivity contribution < 1.29 is 9.53 Å². The Hall–Kier alpha value is -0.650. The topological polar surface area (TPSA) is 53.6 Å². The quantitative estimate of drug-likeness (QED) is 0.740. The predicted molar refractivity (Wildman–Crippen MR) is 70.5 cm³/mol. The van der Waals surface area contributed by atoms with Crippen molar-refractivity contribution in [2.24, 2.45) is 0 Å². The average Bonchev–Trinajstić information content (AvgIpc) is 2.41. The highest BCUT2D eigenvalue weighted by molar-refractivity contribution is 5.82. The van der Waals surface area contributed by atoms with Gasteiger partial charge >= 0.3 is 0 Å². The van der Waals surface area contributed by atoms with E-state index < -0.39 is 0 Å². The highest BCUT2D eigenvalue weighted by Gasteiger charge is 2.30. The molecule has 2 fully saturated rings. The lowest BCUT2D eigenvalue weighted by Crippen LogP contribution is -2.59. The number of hydrogen-bond donors (Lipinski definition) is 2. The molecule has 2 N–H and O–H groups in total. The van der Waals surface area contributed by atoms with Crippen LogP contribution < -0.4 is 10.6 Å². The maximum absolute atomic E-state index is 12.0. The Morgan fingerprint density at radius 2 is 2.39 bits per heavy atom. The minimum Gasteiger partial charge on any atom is -0.377 e. The van der Waals surface area contributed by atoms with Gasteiger partial charge in [-0.3, -0.25) is 9.69 Å². The average molecular weight is 255 g/mol. The molecule has 2 rings (SSSR count). The van der Waals surface area contributed by atoms with Crippen LogP contribution in [0.3, 0.4) is 0 Å². The summed E-state index contributed by atoms with van der Waals surface area (Å²) in [5, 5.41) is 6.22. The first-order valence-corrected chi connectivity index (χ1v) is 7.15.